The summed E-state index contributed by atoms with van der Waals surface area (Å²) >= 11 is 0. The van der Waals surface area contributed by atoms with Crippen molar-refractivity contribution in [1.82, 2.24) is 10.6 Å². The van der Waals surface area contributed by atoms with Gasteiger partial charge in [0.25, 0.3) is 0 Å². The minimum Gasteiger partial charge on any atom is -0.453 e. The van der Waals surface area contributed by atoms with Crippen molar-refractivity contribution < 1.29 is 14.3 Å². The van der Waals surface area contributed by atoms with Gasteiger partial charge in [0.2, 0.25) is 5.91 Å². The highest BCUT2D eigenvalue weighted by Gasteiger charge is 2.15. The summed E-state index contributed by atoms with van der Waals surface area (Å²) in [7, 11) is 6.45. The van der Waals surface area contributed by atoms with Crippen molar-refractivity contribution in [1.29, 1.82) is 0 Å². The number of carbonyl (C=O) groups is 2. The molecular formula is C10H18N2O3. The first-order chi connectivity index (χ1) is 7.11. The van der Waals surface area contributed by atoms with Crippen LogP contribution in [0.3, 0.4) is 0 Å². The van der Waals surface area contributed by atoms with Crippen LogP contribution in [0.4, 0.5) is 0 Å². The molecule has 0 heterocycles. The lowest BCUT2D eigenvalue weighted by Gasteiger charge is -2.12. The van der Waals surface area contributed by atoms with Crippen molar-refractivity contribution in [2.24, 2.45) is 0 Å². The Morgan fingerprint density at radius 1 is 1.40 bits per heavy atom. The van der Waals surface area contributed by atoms with Crippen LogP contribution in [-0.4, -0.2) is 31.5 Å². The number of likely N-dealkylation sites (N-methyl/N-ethyl adjacent to an activating group) is 1. The predicted molar refractivity (Wildman–Crippen MR) is 55.8 cm³/mol. The van der Waals surface area contributed by atoms with Crippen LogP contribution in [0.5, 0.6) is 0 Å². The minimum absolute atomic E-state index is 0.0402. The summed E-state index contributed by atoms with van der Waals surface area (Å²) in [6, 6.07) is -0.368. The second kappa shape index (κ2) is 8.23. The van der Waals surface area contributed by atoms with Crippen LogP contribution in [0.25, 0.3) is 0 Å². The molecule has 0 aromatic heterocycles. The van der Waals surface area contributed by atoms with Gasteiger partial charge in [-0.25, -0.2) is 0 Å². The Morgan fingerprint density at radius 3 is 2.53 bits per heavy atom. The molecule has 2 radical (unpaired) electrons. The Bertz CT molecular complexity index is 207. The van der Waals surface area contributed by atoms with E-state index in [-0.39, 0.29) is 11.9 Å². The summed E-state index contributed by atoms with van der Waals surface area (Å²) in [5.41, 5.74) is 0. The maximum absolute atomic E-state index is 11.0. The molecule has 1 atom stereocenters. The standard InChI is InChI=1S/C10H18N2O3/c1-8(13)12-7-5-4-6-9(11-2)10(14)15-3/h3,9,11H,4-7H2,1-2H3,(H,12,13). The van der Waals surface area contributed by atoms with Crippen LogP contribution in [0.1, 0.15) is 26.2 Å². The Kier molecular flexibility index (Phi) is 7.62. The van der Waals surface area contributed by atoms with Gasteiger partial charge in [-0.3, -0.25) is 9.59 Å². The fourth-order valence-corrected chi connectivity index (χ4v) is 1.20. The first-order valence-corrected chi connectivity index (χ1v) is 4.94. The third kappa shape index (κ3) is 6.90. The second-order valence-electron chi connectivity index (χ2n) is 3.26. The molecular weight excluding hydrogens is 196 g/mol. The molecule has 0 aromatic rings. The fourth-order valence-electron chi connectivity index (χ4n) is 1.20. The summed E-state index contributed by atoms with van der Waals surface area (Å²) in [5, 5.41) is 5.49. The molecule has 5 nitrogen and oxygen atoms in total. The summed E-state index contributed by atoms with van der Waals surface area (Å²) < 4.78 is 4.13. The highest BCUT2D eigenvalue weighted by molar-refractivity contribution is 5.75. The van der Waals surface area contributed by atoms with Crippen molar-refractivity contribution in [3.63, 3.8) is 0 Å². The van der Waals surface area contributed by atoms with Crippen molar-refractivity contribution in [2.75, 3.05) is 13.6 Å². The van der Waals surface area contributed by atoms with E-state index in [9.17, 15) is 9.59 Å². The molecule has 0 saturated heterocycles. The summed E-state index contributed by atoms with van der Waals surface area (Å²) in [6.07, 6.45) is 2.29. The number of nitrogens with one attached hydrogen (secondary N) is 2. The van der Waals surface area contributed by atoms with Gasteiger partial charge in [-0.15, -0.1) is 0 Å². The maximum atomic E-state index is 11.0. The van der Waals surface area contributed by atoms with Crippen LogP contribution in [0, 0.1) is 7.11 Å². The number of hydrogen-bond acceptors (Lipinski definition) is 4. The molecule has 0 aliphatic rings. The summed E-state index contributed by atoms with van der Waals surface area (Å²) in [4.78, 5) is 21.6. The van der Waals surface area contributed by atoms with E-state index in [2.05, 4.69) is 15.4 Å². The molecule has 2 N–H and O–H groups in total. The average molecular weight is 214 g/mol. The second-order valence-corrected chi connectivity index (χ2v) is 3.26. The minimum atomic E-state index is -0.461. The Morgan fingerprint density at radius 2 is 2.07 bits per heavy atom. The van der Waals surface area contributed by atoms with Crippen LogP contribution in [-0.2, 0) is 14.3 Å². The number of rotatable bonds is 7. The molecule has 0 aromatic carbocycles. The maximum Gasteiger partial charge on any atom is 0.323 e. The Labute approximate surface area is 90.6 Å². The van der Waals surface area contributed by atoms with Crippen molar-refractivity contribution in [3.05, 3.63) is 7.11 Å². The highest BCUT2D eigenvalue weighted by Crippen LogP contribution is 2.01. The number of carbonyl (C=O) groups excluding carboxylic acids is 2. The molecule has 15 heavy (non-hydrogen) atoms. The van der Waals surface area contributed by atoms with Crippen molar-refractivity contribution >= 4 is 11.9 Å². The smallest absolute Gasteiger partial charge is 0.323 e. The van der Waals surface area contributed by atoms with Crippen LogP contribution >= 0.6 is 0 Å². The largest absolute Gasteiger partial charge is 0.453 e. The van der Waals surface area contributed by atoms with Gasteiger partial charge in [0.1, 0.15) is 6.04 Å². The quantitative estimate of drug-likeness (QED) is 0.465. The first kappa shape index (κ1) is 13.9. The van der Waals surface area contributed by atoms with E-state index in [1.165, 1.54) is 6.92 Å². The van der Waals surface area contributed by atoms with E-state index in [0.29, 0.717) is 13.0 Å². The van der Waals surface area contributed by atoms with Gasteiger partial charge in [0.15, 0.2) is 7.11 Å². The number of ether oxygens (including phenoxy) is 1. The van der Waals surface area contributed by atoms with E-state index in [4.69, 9.17) is 7.11 Å². The lowest BCUT2D eigenvalue weighted by atomic mass is 10.1. The third-order valence-corrected chi connectivity index (χ3v) is 2.04. The molecule has 1 unspecified atom stereocenters. The number of hydrogen-bond donors (Lipinski definition) is 2. The zero-order valence-corrected chi connectivity index (χ0v) is 9.21. The van der Waals surface area contributed by atoms with Gasteiger partial charge in [-0.2, -0.15) is 0 Å². The number of amides is 1. The first-order valence-electron chi connectivity index (χ1n) is 4.94. The van der Waals surface area contributed by atoms with E-state index < -0.39 is 5.97 Å². The van der Waals surface area contributed by atoms with Gasteiger partial charge < -0.3 is 15.4 Å². The molecule has 0 rings (SSSR count). The highest BCUT2D eigenvalue weighted by atomic mass is 16.5. The SMILES string of the molecule is [CH]OC(=O)C(CCCCNC(C)=O)NC. The van der Waals surface area contributed by atoms with E-state index >= 15 is 0 Å². The molecule has 0 saturated carbocycles. The van der Waals surface area contributed by atoms with Gasteiger partial charge >= 0.3 is 5.97 Å². The van der Waals surface area contributed by atoms with Crippen LogP contribution in [0.2, 0.25) is 0 Å². The topological polar surface area (TPSA) is 67.4 Å². The van der Waals surface area contributed by atoms with E-state index in [0.717, 1.165) is 12.8 Å². The Hall–Kier alpha value is -1.10. The molecule has 0 aliphatic carbocycles. The molecule has 86 valence electrons. The van der Waals surface area contributed by atoms with Gasteiger partial charge in [0.05, 0.1) is 0 Å². The summed E-state index contributed by atoms with van der Waals surface area (Å²) in [6.45, 7) is 2.10. The molecule has 0 aliphatic heterocycles. The number of esters is 1. The Balaban J connectivity index is 3.55. The van der Waals surface area contributed by atoms with Gasteiger partial charge in [0, 0.05) is 13.5 Å². The predicted octanol–water partition coefficient (Wildman–Crippen LogP) is 0.0926. The monoisotopic (exact) mass is 214 g/mol. The molecule has 0 spiro atoms. The zero-order chi connectivity index (χ0) is 11.7. The lowest BCUT2D eigenvalue weighted by Crippen LogP contribution is -2.34. The third-order valence-electron chi connectivity index (χ3n) is 2.04. The zero-order valence-electron chi connectivity index (χ0n) is 9.21. The molecule has 0 bridgehead atoms. The molecule has 5 heteroatoms. The molecule has 0 fully saturated rings. The average Bonchev–Trinajstić information content (AvgIpc) is 2.22. The van der Waals surface area contributed by atoms with Gasteiger partial charge in [-0.05, 0) is 26.3 Å². The summed E-state index contributed by atoms with van der Waals surface area (Å²) in [5.74, 6) is -0.501. The van der Waals surface area contributed by atoms with E-state index in [1.54, 1.807) is 7.05 Å². The number of unbranched alkanes of at least 4 members (excludes halogenated alkanes) is 1. The van der Waals surface area contributed by atoms with Crippen molar-refractivity contribution in [2.45, 2.75) is 32.2 Å². The van der Waals surface area contributed by atoms with Gasteiger partial charge in [-0.1, -0.05) is 0 Å². The fraction of sp³-hybridized carbons (Fsp3) is 0.700. The normalized spacial score (nSPS) is 11.9. The molecule has 1 amide bonds. The van der Waals surface area contributed by atoms with Crippen LogP contribution in [0.15, 0.2) is 0 Å². The van der Waals surface area contributed by atoms with E-state index in [1.807, 2.05) is 0 Å². The van der Waals surface area contributed by atoms with Crippen molar-refractivity contribution in [3.8, 4) is 0 Å². The lowest BCUT2D eigenvalue weighted by molar-refractivity contribution is -0.141. The van der Waals surface area contributed by atoms with Crippen LogP contribution < -0.4 is 10.6 Å².